The molecule has 5 nitrogen and oxygen atoms in total. The first kappa shape index (κ1) is 6.91. The Balaban J connectivity index is 2.20. The zero-order valence-electron chi connectivity index (χ0n) is 4.94. The lowest BCUT2D eigenvalue weighted by Crippen LogP contribution is -2.10. The molecule has 0 aromatic rings. The summed E-state index contributed by atoms with van der Waals surface area (Å²) in [7, 11) is 1.48. The first-order chi connectivity index (χ1) is 4.36. The predicted molar refractivity (Wildman–Crippen MR) is 25.1 cm³/mol. The Hall–Kier alpha value is -0.200. The maximum atomic E-state index is 8.02. The molecule has 1 N–H and O–H groups in total. The number of methoxy groups -OCH3 is 1. The van der Waals surface area contributed by atoms with Crippen molar-refractivity contribution in [3.8, 4) is 0 Å². The van der Waals surface area contributed by atoms with Crippen LogP contribution >= 0.6 is 0 Å². The Morgan fingerprint density at radius 1 is 1.44 bits per heavy atom. The van der Waals surface area contributed by atoms with Crippen LogP contribution in [0.2, 0.25) is 0 Å². The second-order valence-corrected chi connectivity index (χ2v) is 1.63. The molecular weight excluding hydrogens is 128 g/mol. The highest BCUT2D eigenvalue weighted by Crippen LogP contribution is 2.16. The fraction of sp³-hybridized carbons (Fsp3) is 1.00. The summed E-state index contributed by atoms with van der Waals surface area (Å²) < 4.78 is 4.70. The zero-order valence-corrected chi connectivity index (χ0v) is 4.94. The molecule has 0 amide bonds. The van der Waals surface area contributed by atoms with Crippen LogP contribution in [0.3, 0.4) is 0 Å². The molecule has 2 atom stereocenters. The Morgan fingerprint density at radius 3 is 2.44 bits per heavy atom. The average molecular weight is 136 g/mol. The van der Waals surface area contributed by atoms with Gasteiger partial charge in [-0.05, 0) is 0 Å². The van der Waals surface area contributed by atoms with Crippen molar-refractivity contribution in [2.45, 2.75) is 19.0 Å². The van der Waals surface area contributed by atoms with Crippen LogP contribution in [0, 0.1) is 0 Å². The van der Waals surface area contributed by atoms with E-state index in [-0.39, 0.29) is 0 Å². The lowest BCUT2D eigenvalue weighted by Gasteiger charge is -1.99. The maximum absolute atomic E-state index is 8.02. The quantitative estimate of drug-likeness (QED) is 0.431. The van der Waals surface area contributed by atoms with Gasteiger partial charge in [0.1, 0.15) is 0 Å². The second kappa shape index (κ2) is 3.09. The van der Waals surface area contributed by atoms with E-state index in [9.17, 15) is 0 Å². The molecule has 0 radical (unpaired) electrons. The zero-order chi connectivity index (χ0) is 6.69. The standard InChI is InChI=1S/C4H8O5/c1-6-3-2-4(7-5)9-8-3/h3-5H,2H2,1H3/t3-,4-/m0/s1. The molecule has 1 saturated heterocycles. The molecule has 54 valence electrons. The summed E-state index contributed by atoms with van der Waals surface area (Å²) in [6.07, 6.45) is -0.760. The van der Waals surface area contributed by atoms with Crippen molar-refractivity contribution in [1.82, 2.24) is 0 Å². The van der Waals surface area contributed by atoms with Gasteiger partial charge in [-0.2, -0.15) is 4.89 Å². The Labute approximate surface area is 51.9 Å². The average Bonchev–Trinajstić information content (AvgIpc) is 2.34. The molecule has 0 bridgehead atoms. The smallest absolute Gasteiger partial charge is 0.229 e. The van der Waals surface area contributed by atoms with Gasteiger partial charge in [0.2, 0.25) is 6.29 Å². The van der Waals surface area contributed by atoms with E-state index in [1.165, 1.54) is 7.11 Å². The largest absolute Gasteiger partial charge is 0.353 e. The van der Waals surface area contributed by atoms with E-state index >= 15 is 0 Å². The van der Waals surface area contributed by atoms with Crippen LogP contribution in [0.15, 0.2) is 0 Å². The molecule has 0 unspecified atom stereocenters. The first-order valence-electron chi connectivity index (χ1n) is 2.52. The number of ether oxygens (including phenoxy) is 1. The lowest BCUT2D eigenvalue weighted by molar-refractivity contribution is -0.426. The van der Waals surface area contributed by atoms with E-state index in [0.29, 0.717) is 6.42 Å². The van der Waals surface area contributed by atoms with Crippen LogP contribution in [-0.4, -0.2) is 24.9 Å². The molecule has 0 aromatic heterocycles. The van der Waals surface area contributed by atoms with E-state index in [4.69, 9.17) is 9.99 Å². The van der Waals surface area contributed by atoms with Gasteiger partial charge in [-0.15, -0.1) is 0 Å². The van der Waals surface area contributed by atoms with Crippen LogP contribution in [0.1, 0.15) is 6.42 Å². The van der Waals surface area contributed by atoms with Crippen molar-refractivity contribution in [2.24, 2.45) is 0 Å². The molecule has 1 fully saturated rings. The van der Waals surface area contributed by atoms with E-state index in [1.807, 2.05) is 0 Å². The van der Waals surface area contributed by atoms with Gasteiger partial charge in [0.15, 0.2) is 6.29 Å². The number of hydrogen-bond donors (Lipinski definition) is 1. The molecular formula is C4H8O5. The van der Waals surface area contributed by atoms with E-state index in [0.717, 1.165) is 0 Å². The van der Waals surface area contributed by atoms with Crippen LogP contribution in [0.4, 0.5) is 0 Å². The van der Waals surface area contributed by atoms with Gasteiger partial charge in [-0.1, -0.05) is 0 Å². The molecule has 0 spiro atoms. The van der Waals surface area contributed by atoms with Crippen molar-refractivity contribution < 1.29 is 24.7 Å². The highest BCUT2D eigenvalue weighted by Gasteiger charge is 2.27. The van der Waals surface area contributed by atoms with Gasteiger partial charge in [0, 0.05) is 7.11 Å². The van der Waals surface area contributed by atoms with Crippen molar-refractivity contribution in [3.05, 3.63) is 0 Å². The predicted octanol–water partition coefficient (Wildman–Crippen LogP) is 0.127. The summed E-state index contributed by atoms with van der Waals surface area (Å²) in [5.74, 6) is 0. The van der Waals surface area contributed by atoms with Crippen LogP contribution in [0.25, 0.3) is 0 Å². The second-order valence-electron chi connectivity index (χ2n) is 1.63. The van der Waals surface area contributed by atoms with E-state index < -0.39 is 12.6 Å². The molecule has 9 heavy (non-hydrogen) atoms. The molecule has 1 rings (SSSR count). The molecule has 5 heteroatoms. The molecule has 0 aromatic carbocycles. The Bertz CT molecular complexity index is 75.0. The van der Waals surface area contributed by atoms with Gasteiger partial charge in [0.25, 0.3) is 0 Å². The minimum atomic E-state index is -0.713. The molecule has 1 aliphatic rings. The first-order valence-corrected chi connectivity index (χ1v) is 2.52. The van der Waals surface area contributed by atoms with Crippen molar-refractivity contribution in [1.29, 1.82) is 0 Å². The number of rotatable bonds is 2. The highest BCUT2D eigenvalue weighted by molar-refractivity contribution is 4.49. The van der Waals surface area contributed by atoms with Gasteiger partial charge < -0.3 is 4.74 Å². The Morgan fingerprint density at radius 2 is 2.11 bits per heavy atom. The fourth-order valence-electron chi connectivity index (χ4n) is 0.556. The number of hydrogen-bond acceptors (Lipinski definition) is 5. The molecule has 1 aliphatic heterocycles. The van der Waals surface area contributed by atoms with Gasteiger partial charge in [-0.25, -0.2) is 15.0 Å². The third-order valence-corrected chi connectivity index (χ3v) is 1.04. The lowest BCUT2D eigenvalue weighted by atomic mass is 10.4. The fourth-order valence-corrected chi connectivity index (χ4v) is 0.556. The maximum Gasteiger partial charge on any atom is 0.229 e. The third-order valence-electron chi connectivity index (χ3n) is 1.04. The highest BCUT2D eigenvalue weighted by atomic mass is 17.3. The summed E-state index contributed by atoms with van der Waals surface area (Å²) >= 11 is 0. The van der Waals surface area contributed by atoms with Gasteiger partial charge in [0.05, 0.1) is 6.42 Å². The summed E-state index contributed by atoms with van der Waals surface area (Å²) in [5, 5.41) is 8.02. The van der Waals surface area contributed by atoms with E-state index in [1.54, 1.807) is 0 Å². The van der Waals surface area contributed by atoms with Gasteiger partial charge >= 0.3 is 0 Å². The molecule has 1 heterocycles. The third kappa shape index (κ3) is 1.60. The monoisotopic (exact) mass is 136 g/mol. The Kier molecular flexibility index (Phi) is 2.38. The van der Waals surface area contributed by atoms with Crippen molar-refractivity contribution in [3.63, 3.8) is 0 Å². The summed E-state index contributed by atoms with van der Waals surface area (Å²) in [6, 6.07) is 0. The van der Waals surface area contributed by atoms with Gasteiger partial charge in [-0.3, -0.25) is 0 Å². The van der Waals surface area contributed by atoms with Crippen LogP contribution in [0.5, 0.6) is 0 Å². The van der Waals surface area contributed by atoms with Crippen molar-refractivity contribution in [2.75, 3.05) is 7.11 Å². The van der Waals surface area contributed by atoms with Crippen molar-refractivity contribution >= 4 is 0 Å². The SMILES string of the molecule is CO[C@@H]1C[C@@H](OO)OO1. The minimum Gasteiger partial charge on any atom is -0.353 e. The summed E-state index contributed by atoms with van der Waals surface area (Å²) in [6.45, 7) is 0. The summed E-state index contributed by atoms with van der Waals surface area (Å²) in [4.78, 5) is 12.7. The normalized spacial score (nSPS) is 35.3. The topological polar surface area (TPSA) is 57.2 Å². The van der Waals surface area contributed by atoms with E-state index in [2.05, 4.69) is 14.7 Å². The van der Waals surface area contributed by atoms with Crippen LogP contribution < -0.4 is 0 Å². The minimum absolute atomic E-state index is 0.382. The molecule has 0 aliphatic carbocycles. The summed E-state index contributed by atoms with van der Waals surface area (Å²) in [5.41, 5.74) is 0. The van der Waals surface area contributed by atoms with Crippen LogP contribution in [-0.2, 0) is 19.4 Å². The molecule has 0 saturated carbocycles.